The van der Waals surface area contributed by atoms with E-state index in [4.69, 9.17) is 16.1 Å². The summed E-state index contributed by atoms with van der Waals surface area (Å²) < 4.78 is 0. The quantitative estimate of drug-likeness (QED) is 0.770. The Kier molecular flexibility index (Phi) is 3.50. The third-order valence-electron chi connectivity index (χ3n) is 3.32. The van der Waals surface area contributed by atoms with Gasteiger partial charge in [0, 0.05) is 19.7 Å². The lowest BCUT2D eigenvalue weighted by molar-refractivity contribution is 0.263. The SMILES string of the molecule is N#Cc1ccc(N2CCC(CCO)C2)c(N)c1. The normalized spacial score (nSPS) is 19.3. The highest BCUT2D eigenvalue weighted by molar-refractivity contribution is 5.69. The van der Waals surface area contributed by atoms with Gasteiger partial charge in [0.25, 0.3) is 0 Å². The third kappa shape index (κ3) is 2.51. The molecule has 1 unspecified atom stereocenters. The van der Waals surface area contributed by atoms with Crippen molar-refractivity contribution in [2.75, 3.05) is 30.3 Å². The first-order valence-electron chi connectivity index (χ1n) is 5.90. The van der Waals surface area contributed by atoms with E-state index in [0.29, 0.717) is 17.2 Å². The van der Waals surface area contributed by atoms with E-state index in [2.05, 4.69) is 11.0 Å². The molecule has 1 aliphatic rings. The first-order valence-corrected chi connectivity index (χ1v) is 5.90. The summed E-state index contributed by atoms with van der Waals surface area (Å²) in [5, 5.41) is 17.7. The molecule has 0 aliphatic carbocycles. The molecule has 1 heterocycles. The largest absolute Gasteiger partial charge is 0.397 e. The van der Waals surface area contributed by atoms with Crippen molar-refractivity contribution in [1.29, 1.82) is 5.26 Å². The summed E-state index contributed by atoms with van der Waals surface area (Å²) in [4.78, 5) is 2.23. The van der Waals surface area contributed by atoms with Gasteiger partial charge in [-0.15, -0.1) is 0 Å². The number of hydrogen-bond acceptors (Lipinski definition) is 4. The number of aliphatic hydroxyl groups excluding tert-OH is 1. The Labute approximate surface area is 101 Å². The molecular weight excluding hydrogens is 214 g/mol. The molecule has 4 heteroatoms. The molecule has 1 aromatic rings. The first-order chi connectivity index (χ1) is 8.24. The van der Waals surface area contributed by atoms with Gasteiger partial charge in [-0.1, -0.05) is 0 Å². The highest BCUT2D eigenvalue weighted by Crippen LogP contribution is 2.30. The molecule has 0 radical (unpaired) electrons. The minimum Gasteiger partial charge on any atom is -0.397 e. The monoisotopic (exact) mass is 231 g/mol. The zero-order valence-electron chi connectivity index (χ0n) is 9.76. The summed E-state index contributed by atoms with van der Waals surface area (Å²) in [6.07, 6.45) is 1.95. The molecule has 17 heavy (non-hydrogen) atoms. The fourth-order valence-corrected chi connectivity index (χ4v) is 2.38. The van der Waals surface area contributed by atoms with E-state index in [9.17, 15) is 0 Å². The highest BCUT2D eigenvalue weighted by atomic mass is 16.3. The standard InChI is InChI=1S/C13H17N3O/c14-8-11-1-2-13(12(15)7-11)16-5-3-10(9-16)4-6-17/h1-2,7,10,17H,3-6,9,15H2. The van der Waals surface area contributed by atoms with Crippen molar-refractivity contribution in [3.63, 3.8) is 0 Å². The van der Waals surface area contributed by atoms with Gasteiger partial charge >= 0.3 is 0 Å². The Balaban J connectivity index is 2.11. The van der Waals surface area contributed by atoms with Crippen LogP contribution in [0.25, 0.3) is 0 Å². The Morgan fingerprint density at radius 3 is 3.00 bits per heavy atom. The first kappa shape index (κ1) is 11.7. The van der Waals surface area contributed by atoms with Crippen molar-refractivity contribution >= 4 is 11.4 Å². The Morgan fingerprint density at radius 2 is 2.35 bits per heavy atom. The van der Waals surface area contributed by atoms with Gasteiger partial charge in [-0.05, 0) is 37.0 Å². The zero-order valence-corrected chi connectivity index (χ0v) is 9.76. The number of anilines is 2. The average molecular weight is 231 g/mol. The molecule has 0 spiro atoms. The number of benzene rings is 1. The van der Waals surface area contributed by atoms with Crippen LogP contribution in [0.4, 0.5) is 11.4 Å². The minimum absolute atomic E-state index is 0.251. The van der Waals surface area contributed by atoms with E-state index in [1.807, 2.05) is 6.07 Å². The molecule has 0 bridgehead atoms. The molecule has 1 aliphatic heterocycles. The lowest BCUT2D eigenvalue weighted by Gasteiger charge is -2.20. The summed E-state index contributed by atoms with van der Waals surface area (Å²) >= 11 is 0. The molecular formula is C13H17N3O. The Morgan fingerprint density at radius 1 is 1.53 bits per heavy atom. The molecule has 1 fully saturated rings. The van der Waals surface area contributed by atoms with Gasteiger partial charge in [-0.3, -0.25) is 0 Å². The van der Waals surface area contributed by atoms with Crippen LogP contribution in [0.2, 0.25) is 0 Å². The molecule has 0 saturated carbocycles. The van der Waals surface area contributed by atoms with Crippen LogP contribution in [0, 0.1) is 17.2 Å². The Hall–Kier alpha value is -1.73. The average Bonchev–Trinajstić information content (AvgIpc) is 2.78. The Bertz CT molecular complexity index is 439. The van der Waals surface area contributed by atoms with Gasteiger partial charge in [-0.2, -0.15) is 5.26 Å². The summed E-state index contributed by atoms with van der Waals surface area (Å²) in [7, 11) is 0. The predicted octanol–water partition coefficient (Wildman–Crippen LogP) is 1.35. The summed E-state index contributed by atoms with van der Waals surface area (Å²) in [5.74, 6) is 0.551. The maximum absolute atomic E-state index is 8.93. The summed E-state index contributed by atoms with van der Waals surface area (Å²) in [6.45, 7) is 2.17. The number of nitrogens with two attached hydrogens (primary N) is 1. The molecule has 90 valence electrons. The van der Waals surface area contributed by atoms with Crippen molar-refractivity contribution in [3.8, 4) is 6.07 Å². The number of aliphatic hydroxyl groups is 1. The van der Waals surface area contributed by atoms with E-state index in [1.165, 1.54) is 0 Å². The summed E-state index contributed by atoms with van der Waals surface area (Å²) in [5.41, 5.74) is 8.21. The zero-order chi connectivity index (χ0) is 12.3. The van der Waals surface area contributed by atoms with E-state index in [1.54, 1.807) is 12.1 Å². The van der Waals surface area contributed by atoms with E-state index in [-0.39, 0.29) is 6.61 Å². The second-order valence-corrected chi connectivity index (χ2v) is 4.50. The maximum Gasteiger partial charge on any atom is 0.0992 e. The van der Waals surface area contributed by atoms with E-state index < -0.39 is 0 Å². The molecule has 0 aromatic heterocycles. The second-order valence-electron chi connectivity index (χ2n) is 4.50. The van der Waals surface area contributed by atoms with Crippen LogP contribution in [0.1, 0.15) is 18.4 Å². The summed E-state index contributed by atoms with van der Waals surface area (Å²) in [6, 6.07) is 7.51. The molecule has 3 N–H and O–H groups in total. The van der Waals surface area contributed by atoms with Crippen LogP contribution in [0.5, 0.6) is 0 Å². The van der Waals surface area contributed by atoms with Crippen LogP contribution in [0.15, 0.2) is 18.2 Å². The van der Waals surface area contributed by atoms with Crippen molar-refractivity contribution < 1.29 is 5.11 Å². The van der Waals surface area contributed by atoms with Crippen molar-refractivity contribution in [2.24, 2.45) is 5.92 Å². The maximum atomic E-state index is 8.93. The minimum atomic E-state index is 0.251. The predicted molar refractivity (Wildman–Crippen MR) is 67.6 cm³/mol. The third-order valence-corrected chi connectivity index (χ3v) is 3.32. The molecule has 1 aromatic carbocycles. The fraction of sp³-hybridized carbons (Fsp3) is 0.462. The molecule has 0 amide bonds. The number of rotatable bonds is 3. The number of nitrogen functional groups attached to an aromatic ring is 1. The van der Waals surface area contributed by atoms with Gasteiger partial charge in [-0.25, -0.2) is 0 Å². The van der Waals surface area contributed by atoms with Crippen molar-refractivity contribution in [3.05, 3.63) is 23.8 Å². The lowest BCUT2D eigenvalue weighted by atomic mass is 10.1. The van der Waals surface area contributed by atoms with Gasteiger partial charge in [0.1, 0.15) is 0 Å². The van der Waals surface area contributed by atoms with E-state index in [0.717, 1.165) is 31.6 Å². The van der Waals surface area contributed by atoms with Gasteiger partial charge in [0.15, 0.2) is 0 Å². The van der Waals surface area contributed by atoms with Crippen molar-refractivity contribution in [2.45, 2.75) is 12.8 Å². The van der Waals surface area contributed by atoms with Gasteiger partial charge in [0.05, 0.1) is 23.0 Å². The molecule has 1 saturated heterocycles. The molecule has 2 rings (SSSR count). The van der Waals surface area contributed by atoms with Gasteiger partial charge < -0.3 is 15.7 Å². The van der Waals surface area contributed by atoms with Crippen LogP contribution in [0.3, 0.4) is 0 Å². The highest BCUT2D eigenvalue weighted by Gasteiger charge is 2.23. The van der Waals surface area contributed by atoms with Crippen LogP contribution < -0.4 is 10.6 Å². The number of nitrogens with zero attached hydrogens (tertiary/aromatic N) is 2. The fourth-order valence-electron chi connectivity index (χ4n) is 2.38. The topological polar surface area (TPSA) is 73.3 Å². The van der Waals surface area contributed by atoms with Crippen molar-refractivity contribution in [1.82, 2.24) is 0 Å². The number of nitriles is 1. The lowest BCUT2D eigenvalue weighted by Crippen LogP contribution is -2.21. The van der Waals surface area contributed by atoms with Crippen LogP contribution in [-0.4, -0.2) is 24.8 Å². The van der Waals surface area contributed by atoms with E-state index >= 15 is 0 Å². The molecule has 1 atom stereocenters. The smallest absolute Gasteiger partial charge is 0.0992 e. The van der Waals surface area contributed by atoms with Crippen LogP contribution in [-0.2, 0) is 0 Å². The second kappa shape index (κ2) is 5.07. The van der Waals surface area contributed by atoms with Crippen LogP contribution >= 0.6 is 0 Å². The number of hydrogen-bond donors (Lipinski definition) is 2. The molecule has 4 nitrogen and oxygen atoms in total. The van der Waals surface area contributed by atoms with Gasteiger partial charge in [0.2, 0.25) is 0 Å².